The van der Waals surface area contributed by atoms with Crippen molar-refractivity contribution in [1.82, 2.24) is 4.90 Å². The van der Waals surface area contributed by atoms with Gasteiger partial charge in [0.15, 0.2) is 6.23 Å². The first-order valence-corrected chi connectivity index (χ1v) is 7.32. The van der Waals surface area contributed by atoms with E-state index in [-0.39, 0.29) is 11.9 Å². The highest BCUT2D eigenvalue weighted by Crippen LogP contribution is 2.33. The van der Waals surface area contributed by atoms with Crippen molar-refractivity contribution in [2.75, 3.05) is 0 Å². The number of aryl methyl sites for hydroxylation is 1. The van der Waals surface area contributed by atoms with E-state index in [9.17, 15) is 9.90 Å². The lowest BCUT2D eigenvalue weighted by Crippen LogP contribution is -2.36. The fourth-order valence-corrected chi connectivity index (χ4v) is 2.92. The van der Waals surface area contributed by atoms with Crippen LogP contribution in [0.2, 0.25) is 0 Å². The molecule has 3 heteroatoms. The van der Waals surface area contributed by atoms with Crippen LogP contribution in [-0.2, 0) is 6.42 Å². The van der Waals surface area contributed by atoms with Crippen molar-refractivity contribution in [3.05, 3.63) is 71.3 Å². The van der Waals surface area contributed by atoms with Crippen molar-refractivity contribution in [2.24, 2.45) is 0 Å². The van der Waals surface area contributed by atoms with E-state index < -0.39 is 6.23 Å². The van der Waals surface area contributed by atoms with E-state index in [1.165, 1.54) is 5.56 Å². The third-order valence-electron chi connectivity index (χ3n) is 4.14. The second kappa shape index (κ2) is 5.70. The summed E-state index contributed by atoms with van der Waals surface area (Å²) in [5, 5.41) is 10.4. The molecule has 2 aromatic carbocycles. The zero-order valence-corrected chi connectivity index (χ0v) is 12.1. The number of hydrogen-bond acceptors (Lipinski definition) is 2. The molecule has 1 amide bonds. The Balaban J connectivity index is 1.71. The van der Waals surface area contributed by atoms with Crippen LogP contribution in [0.1, 0.15) is 41.1 Å². The molecule has 0 radical (unpaired) electrons. The molecule has 1 heterocycles. The number of fused-ring (bicyclic) bond motifs is 1. The minimum absolute atomic E-state index is 0.0000983. The Kier molecular flexibility index (Phi) is 3.76. The summed E-state index contributed by atoms with van der Waals surface area (Å²) in [5.41, 5.74) is 2.59. The minimum atomic E-state index is -0.820. The highest BCUT2D eigenvalue weighted by atomic mass is 16.3. The van der Waals surface area contributed by atoms with Crippen LogP contribution in [0.3, 0.4) is 0 Å². The molecule has 0 bridgehead atoms. The van der Waals surface area contributed by atoms with Crippen LogP contribution < -0.4 is 0 Å². The number of aliphatic hydroxyl groups is 1. The van der Waals surface area contributed by atoms with Crippen LogP contribution in [0.5, 0.6) is 0 Å². The average Bonchev–Trinajstić information content (AvgIpc) is 2.78. The maximum absolute atomic E-state index is 12.4. The molecule has 108 valence electrons. The van der Waals surface area contributed by atoms with Crippen molar-refractivity contribution in [3.8, 4) is 0 Å². The molecule has 2 atom stereocenters. The molecule has 21 heavy (non-hydrogen) atoms. The molecule has 0 aliphatic carbocycles. The SMILES string of the molecule is CC(CCc1ccccc1)N1C(=O)c2ccccc2C1O. The molecule has 1 N–H and O–H groups in total. The molecule has 3 rings (SSSR count). The Bertz CT molecular complexity index is 639. The molecule has 0 fully saturated rings. The first kappa shape index (κ1) is 13.8. The number of carbonyl (C=O) groups is 1. The van der Waals surface area contributed by atoms with Gasteiger partial charge in [-0.15, -0.1) is 0 Å². The fraction of sp³-hybridized carbons (Fsp3) is 0.278. The van der Waals surface area contributed by atoms with E-state index >= 15 is 0 Å². The quantitative estimate of drug-likeness (QED) is 0.935. The molecule has 1 aliphatic rings. The van der Waals surface area contributed by atoms with Crippen molar-refractivity contribution in [2.45, 2.75) is 32.0 Å². The van der Waals surface area contributed by atoms with E-state index in [2.05, 4.69) is 12.1 Å². The Morgan fingerprint density at radius 1 is 1.10 bits per heavy atom. The van der Waals surface area contributed by atoms with Crippen LogP contribution in [0.25, 0.3) is 0 Å². The molecule has 0 saturated heterocycles. The molecular formula is C18H19NO2. The Morgan fingerprint density at radius 3 is 2.48 bits per heavy atom. The predicted octanol–water partition coefficient (Wildman–Crippen LogP) is 3.15. The van der Waals surface area contributed by atoms with Gasteiger partial charge in [0.05, 0.1) is 0 Å². The molecular weight excluding hydrogens is 262 g/mol. The van der Waals surface area contributed by atoms with Gasteiger partial charge in [0.25, 0.3) is 5.91 Å². The summed E-state index contributed by atoms with van der Waals surface area (Å²) in [5.74, 6) is -0.0707. The van der Waals surface area contributed by atoms with Crippen LogP contribution in [0.4, 0.5) is 0 Å². The molecule has 3 nitrogen and oxygen atoms in total. The van der Waals surface area contributed by atoms with Gasteiger partial charge < -0.3 is 10.0 Å². The lowest BCUT2D eigenvalue weighted by molar-refractivity contribution is -0.00118. The molecule has 0 aromatic heterocycles. The number of carbonyl (C=O) groups excluding carboxylic acids is 1. The summed E-state index contributed by atoms with van der Waals surface area (Å²) < 4.78 is 0. The summed E-state index contributed by atoms with van der Waals surface area (Å²) in [6.45, 7) is 2.00. The zero-order valence-electron chi connectivity index (χ0n) is 12.1. The van der Waals surface area contributed by atoms with E-state index in [1.54, 1.807) is 11.0 Å². The lowest BCUT2D eigenvalue weighted by atomic mass is 10.1. The van der Waals surface area contributed by atoms with Crippen LogP contribution in [0.15, 0.2) is 54.6 Å². The van der Waals surface area contributed by atoms with Crippen LogP contribution >= 0.6 is 0 Å². The van der Waals surface area contributed by atoms with E-state index in [1.807, 2.05) is 43.3 Å². The summed E-state index contributed by atoms with van der Waals surface area (Å²) >= 11 is 0. The van der Waals surface area contributed by atoms with Gasteiger partial charge in [-0.1, -0.05) is 48.5 Å². The van der Waals surface area contributed by atoms with Crippen molar-refractivity contribution in [1.29, 1.82) is 0 Å². The number of rotatable bonds is 4. The van der Waals surface area contributed by atoms with Gasteiger partial charge in [0.2, 0.25) is 0 Å². The third-order valence-corrected chi connectivity index (χ3v) is 4.14. The van der Waals surface area contributed by atoms with Crippen LogP contribution in [-0.4, -0.2) is 22.0 Å². The predicted molar refractivity (Wildman–Crippen MR) is 81.8 cm³/mol. The van der Waals surface area contributed by atoms with Crippen molar-refractivity contribution < 1.29 is 9.90 Å². The normalized spacial score (nSPS) is 18.7. The summed E-state index contributed by atoms with van der Waals surface area (Å²) in [7, 11) is 0. The Labute approximate surface area is 124 Å². The summed E-state index contributed by atoms with van der Waals surface area (Å²) in [6, 6.07) is 17.5. The largest absolute Gasteiger partial charge is 0.369 e. The van der Waals surface area contributed by atoms with E-state index in [0.29, 0.717) is 11.1 Å². The molecule has 1 aliphatic heterocycles. The highest BCUT2D eigenvalue weighted by Gasteiger charge is 2.37. The summed E-state index contributed by atoms with van der Waals surface area (Å²) in [6.07, 6.45) is 0.912. The van der Waals surface area contributed by atoms with E-state index in [4.69, 9.17) is 0 Å². The zero-order chi connectivity index (χ0) is 14.8. The fourth-order valence-electron chi connectivity index (χ4n) is 2.92. The summed E-state index contributed by atoms with van der Waals surface area (Å²) in [4.78, 5) is 14.0. The van der Waals surface area contributed by atoms with Gasteiger partial charge in [-0.3, -0.25) is 4.79 Å². The maximum Gasteiger partial charge on any atom is 0.256 e. The second-order valence-corrected chi connectivity index (χ2v) is 5.55. The van der Waals surface area contributed by atoms with E-state index in [0.717, 1.165) is 12.8 Å². The van der Waals surface area contributed by atoms with Crippen LogP contribution in [0, 0.1) is 0 Å². The Morgan fingerprint density at radius 2 is 1.76 bits per heavy atom. The highest BCUT2D eigenvalue weighted by molar-refractivity contribution is 5.99. The molecule has 2 aromatic rings. The molecule has 2 unspecified atom stereocenters. The first-order valence-electron chi connectivity index (χ1n) is 7.32. The van der Waals surface area contributed by atoms with Gasteiger partial charge in [0, 0.05) is 17.2 Å². The number of amides is 1. The molecule has 0 spiro atoms. The first-order chi connectivity index (χ1) is 10.2. The standard InChI is InChI=1S/C18H19NO2/c1-13(11-12-14-7-3-2-4-8-14)19-17(20)15-9-5-6-10-16(15)18(19)21/h2-10,13,17,20H,11-12H2,1H3. The van der Waals surface area contributed by atoms with Crippen molar-refractivity contribution in [3.63, 3.8) is 0 Å². The number of hydrogen-bond donors (Lipinski definition) is 1. The lowest BCUT2D eigenvalue weighted by Gasteiger charge is -2.28. The van der Waals surface area contributed by atoms with Gasteiger partial charge in [-0.05, 0) is 31.4 Å². The van der Waals surface area contributed by atoms with Gasteiger partial charge in [-0.2, -0.15) is 0 Å². The van der Waals surface area contributed by atoms with Gasteiger partial charge in [-0.25, -0.2) is 0 Å². The third kappa shape index (κ3) is 2.57. The Hall–Kier alpha value is -2.13. The minimum Gasteiger partial charge on any atom is -0.369 e. The van der Waals surface area contributed by atoms with Crippen molar-refractivity contribution >= 4 is 5.91 Å². The second-order valence-electron chi connectivity index (χ2n) is 5.55. The smallest absolute Gasteiger partial charge is 0.256 e. The average molecular weight is 281 g/mol. The molecule has 0 saturated carbocycles. The monoisotopic (exact) mass is 281 g/mol. The topological polar surface area (TPSA) is 40.5 Å². The van der Waals surface area contributed by atoms with Gasteiger partial charge in [0.1, 0.15) is 0 Å². The number of benzene rings is 2. The number of aliphatic hydroxyl groups excluding tert-OH is 1. The number of nitrogens with zero attached hydrogens (tertiary/aromatic N) is 1. The van der Waals surface area contributed by atoms with Gasteiger partial charge >= 0.3 is 0 Å². The maximum atomic E-state index is 12.4.